The van der Waals surface area contributed by atoms with Crippen LogP contribution in [0.4, 0.5) is 10.1 Å². The summed E-state index contributed by atoms with van der Waals surface area (Å²) >= 11 is 9.34. The Labute approximate surface area is 187 Å². The van der Waals surface area contributed by atoms with Crippen molar-refractivity contribution < 1.29 is 9.18 Å². The Morgan fingerprint density at radius 1 is 1.20 bits per heavy atom. The summed E-state index contributed by atoms with van der Waals surface area (Å²) in [5.41, 5.74) is 1.80. The fourth-order valence-corrected chi connectivity index (χ4v) is 4.86. The lowest BCUT2D eigenvalue weighted by molar-refractivity contribution is -0.131. The van der Waals surface area contributed by atoms with E-state index in [2.05, 4.69) is 26.0 Å². The minimum atomic E-state index is -0.235. The van der Waals surface area contributed by atoms with E-state index in [1.165, 1.54) is 24.3 Å². The van der Waals surface area contributed by atoms with Crippen molar-refractivity contribution in [1.82, 2.24) is 9.80 Å². The van der Waals surface area contributed by atoms with Gasteiger partial charge in [0.1, 0.15) is 11.5 Å². The molecule has 2 aromatic carbocycles. The molecule has 2 aromatic rings. The summed E-state index contributed by atoms with van der Waals surface area (Å²) in [6, 6.07) is 10.0. The quantitative estimate of drug-likeness (QED) is 0.407. The maximum atomic E-state index is 13.1. The fraction of sp³-hybridized carbons (Fsp3) is 0.318. The third kappa shape index (κ3) is 4.48. The van der Waals surface area contributed by atoms with Gasteiger partial charge in [0.2, 0.25) is 5.91 Å². The molecule has 4 rings (SSSR count). The van der Waals surface area contributed by atoms with E-state index in [1.54, 1.807) is 24.3 Å². The lowest BCUT2D eigenvalue weighted by Gasteiger charge is -2.40. The Bertz CT molecular complexity index is 985. The van der Waals surface area contributed by atoms with Crippen LogP contribution < -0.4 is 0 Å². The molecular formula is C22H20BrClFN3O2. The van der Waals surface area contributed by atoms with Gasteiger partial charge in [-0.15, -0.1) is 4.91 Å². The molecule has 5 nitrogen and oxygen atoms in total. The zero-order chi connectivity index (χ0) is 21.3. The molecule has 2 fully saturated rings. The molecular weight excluding hydrogens is 473 g/mol. The van der Waals surface area contributed by atoms with E-state index in [0.717, 1.165) is 38.0 Å². The molecule has 0 saturated carbocycles. The lowest BCUT2D eigenvalue weighted by Crippen LogP contribution is -2.55. The fourth-order valence-electron chi connectivity index (χ4n) is 4.34. The average Bonchev–Trinajstić information content (AvgIpc) is 3.00. The second kappa shape index (κ2) is 8.96. The predicted octanol–water partition coefficient (Wildman–Crippen LogP) is 5.53. The number of carbonyl (C=O) groups excluding carboxylic acids is 1. The SMILES string of the molecule is O=Nc1cc(Cl)c(Br)cc1/C=C/C(=O)N1C2CCC1CN(Cc1ccc(F)cc1)C2. The van der Waals surface area contributed by atoms with Gasteiger partial charge < -0.3 is 4.90 Å². The van der Waals surface area contributed by atoms with E-state index < -0.39 is 0 Å². The van der Waals surface area contributed by atoms with Gasteiger partial charge in [0.25, 0.3) is 0 Å². The van der Waals surface area contributed by atoms with Crippen molar-refractivity contribution in [3.05, 3.63) is 73.8 Å². The number of amides is 1. The van der Waals surface area contributed by atoms with Crippen LogP contribution in [0.25, 0.3) is 6.08 Å². The minimum Gasteiger partial charge on any atom is -0.331 e. The maximum Gasteiger partial charge on any atom is 0.247 e. The molecule has 0 spiro atoms. The first-order valence-corrected chi connectivity index (χ1v) is 10.9. The van der Waals surface area contributed by atoms with Crippen molar-refractivity contribution in [2.24, 2.45) is 5.18 Å². The molecule has 1 amide bonds. The maximum absolute atomic E-state index is 13.1. The molecule has 2 heterocycles. The highest BCUT2D eigenvalue weighted by molar-refractivity contribution is 9.10. The Morgan fingerprint density at radius 2 is 1.87 bits per heavy atom. The molecule has 0 aliphatic carbocycles. The van der Waals surface area contributed by atoms with Crippen LogP contribution in [0.3, 0.4) is 0 Å². The number of rotatable bonds is 5. The third-order valence-electron chi connectivity index (χ3n) is 5.71. The molecule has 0 aromatic heterocycles. The van der Waals surface area contributed by atoms with Crippen LogP contribution >= 0.6 is 27.5 Å². The van der Waals surface area contributed by atoms with Gasteiger partial charge in [-0.05, 0) is 69.9 Å². The second-order valence-corrected chi connectivity index (χ2v) is 8.96. The van der Waals surface area contributed by atoms with Crippen LogP contribution in [-0.2, 0) is 11.3 Å². The molecule has 0 N–H and O–H groups in total. The normalized spacial score (nSPS) is 21.4. The Hall–Kier alpha value is -2.09. The summed E-state index contributed by atoms with van der Waals surface area (Å²) in [6.45, 7) is 2.33. The molecule has 156 valence electrons. The van der Waals surface area contributed by atoms with Crippen molar-refractivity contribution in [2.75, 3.05) is 13.1 Å². The van der Waals surface area contributed by atoms with Crippen molar-refractivity contribution in [3.63, 3.8) is 0 Å². The summed E-state index contributed by atoms with van der Waals surface area (Å²) in [4.78, 5) is 28.3. The number of nitroso groups, excluding NO2 is 1. The van der Waals surface area contributed by atoms with Crippen LogP contribution in [0.5, 0.6) is 0 Å². The van der Waals surface area contributed by atoms with Crippen LogP contribution in [0, 0.1) is 10.7 Å². The molecule has 8 heteroatoms. The minimum absolute atomic E-state index is 0.0631. The van der Waals surface area contributed by atoms with Gasteiger partial charge >= 0.3 is 0 Å². The molecule has 2 saturated heterocycles. The van der Waals surface area contributed by atoms with Gasteiger partial charge in [-0.1, -0.05) is 23.7 Å². The van der Waals surface area contributed by atoms with Gasteiger partial charge in [-0.2, -0.15) is 0 Å². The van der Waals surface area contributed by atoms with E-state index in [4.69, 9.17) is 11.6 Å². The molecule has 30 heavy (non-hydrogen) atoms. The monoisotopic (exact) mass is 491 g/mol. The number of benzene rings is 2. The van der Waals surface area contributed by atoms with Crippen molar-refractivity contribution in [1.29, 1.82) is 0 Å². The highest BCUT2D eigenvalue weighted by Crippen LogP contribution is 2.33. The number of carbonyl (C=O) groups is 1. The van der Waals surface area contributed by atoms with E-state index in [0.29, 0.717) is 15.1 Å². The van der Waals surface area contributed by atoms with E-state index in [1.807, 2.05) is 4.90 Å². The predicted molar refractivity (Wildman–Crippen MR) is 119 cm³/mol. The molecule has 2 unspecified atom stereocenters. The first-order chi connectivity index (χ1) is 14.4. The Morgan fingerprint density at radius 3 is 2.50 bits per heavy atom. The Balaban J connectivity index is 1.44. The standard InChI is InChI=1S/C22H20BrClFN3O2/c23-19-9-15(21(26-30)10-20(19)24)3-8-22(29)28-17-6-7-18(28)13-27(12-17)11-14-1-4-16(25)5-2-14/h1-5,8-10,17-18H,6-7,11-13H2/b8-3+. The summed E-state index contributed by atoms with van der Waals surface area (Å²) in [5, 5.41) is 3.39. The molecule has 2 aliphatic rings. The summed E-state index contributed by atoms with van der Waals surface area (Å²) in [6.07, 6.45) is 5.06. The summed E-state index contributed by atoms with van der Waals surface area (Å²) in [7, 11) is 0. The molecule has 2 bridgehead atoms. The summed E-state index contributed by atoms with van der Waals surface area (Å²) in [5.74, 6) is -0.298. The lowest BCUT2D eigenvalue weighted by atomic mass is 10.1. The number of piperazine rings is 1. The van der Waals surface area contributed by atoms with Crippen LogP contribution in [0.15, 0.2) is 52.1 Å². The average molecular weight is 493 g/mol. The van der Waals surface area contributed by atoms with E-state index in [9.17, 15) is 14.1 Å². The van der Waals surface area contributed by atoms with Gasteiger partial charge in [0.15, 0.2) is 0 Å². The molecule has 2 aliphatic heterocycles. The van der Waals surface area contributed by atoms with Crippen LogP contribution in [0.2, 0.25) is 5.02 Å². The first-order valence-electron chi connectivity index (χ1n) is 9.74. The third-order valence-corrected chi connectivity index (χ3v) is 6.90. The zero-order valence-electron chi connectivity index (χ0n) is 16.1. The highest BCUT2D eigenvalue weighted by atomic mass is 79.9. The largest absolute Gasteiger partial charge is 0.331 e. The van der Waals surface area contributed by atoms with Crippen LogP contribution in [0.1, 0.15) is 24.0 Å². The van der Waals surface area contributed by atoms with Gasteiger partial charge in [0, 0.05) is 47.8 Å². The number of hydrogen-bond acceptors (Lipinski definition) is 4. The van der Waals surface area contributed by atoms with Crippen molar-refractivity contribution >= 4 is 45.2 Å². The highest BCUT2D eigenvalue weighted by Gasteiger charge is 2.41. The zero-order valence-corrected chi connectivity index (χ0v) is 18.4. The van der Waals surface area contributed by atoms with Gasteiger partial charge in [-0.25, -0.2) is 4.39 Å². The number of halogens is 3. The van der Waals surface area contributed by atoms with Gasteiger partial charge in [-0.3, -0.25) is 9.69 Å². The number of nitrogens with zero attached hydrogens (tertiary/aromatic N) is 3. The van der Waals surface area contributed by atoms with Gasteiger partial charge in [0.05, 0.1) is 5.02 Å². The Kier molecular flexibility index (Phi) is 6.32. The molecule has 2 atom stereocenters. The number of fused-ring (bicyclic) bond motifs is 2. The van der Waals surface area contributed by atoms with E-state index >= 15 is 0 Å². The van der Waals surface area contributed by atoms with Crippen LogP contribution in [-0.4, -0.2) is 40.9 Å². The van der Waals surface area contributed by atoms with Crippen molar-refractivity contribution in [3.8, 4) is 0 Å². The number of hydrogen-bond donors (Lipinski definition) is 0. The molecule has 0 radical (unpaired) electrons. The van der Waals surface area contributed by atoms with E-state index in [-0.39, 0.29) is 29.5 Å². The topological polar surface area (TPSA) is 53.0 Å². The summed E-state index contributed by atoms with van der Waals surface area (Å²) < 4.78 is 13.8. The number of likely N-dealkylation sites (tertiary alicyclic amines) is 1. The van der Waals surface area contributed by atoms with Crippen molar-refractivity contribution in [2.45, 2.75) is 31.5 Å². The smallest absolute Gasteiger partial charge is 0.247 e. The second-order valence-electron chi connectivity index (χ2n) is 7.70. The first kappa shape index (κ1) is 21.2.